The first kappa shape index (κ1) is 16.7. The number of benzene rings is 1. The van der Waals surface area contributed by atoms with Crippen LogP contribution < -0.4 is 5.32 Å². The molecule has 1 heterocycles. The van der Waals surface area contributed by atoms with Gasteiger partial charge in [-0.1, -0.05) is 19.1 Å². The zero-order chi connectivity index (χ0) is 17.0. The number of nitrogens with one attached hydrogen (secondary N) is 1. The molecule has 122 valence electrons. The van der Waals surface area contributed by atoms with Crippen LogP contribution in [0.5, 0.6) is 0 Å². The molecule has 23 heavy (non-hydrogen) atoms. The second-order valence-electron chi connectivity index (χ2n) is 5.56. The van der Waals surface area contributed by atoms with E-state index in [4.69, 9.17) is 5.11 Å². The van der Waals surface area contributed by atoms with Crippen LogP contribution in [0.15, 0.2) is 30.3 Å². The monoisotopic (exact) mass is 315 g/mol. The van der Waals surface area contributed by atoms with E-state index in [-0.39, 0.29) is 5.91 Å². The number of hydrogen-bond acceptors (Lipinski definition) is 3. The van der Waals surface area contributed by atoms with E-state index in [0.29, 0.717) is 18.5 Å². The van der Waals surface area contributed by atoms with Crippen LogP contribution in [0.3, 0.4) is 0 Å². The topological polar surface area (TPSA) is 84.2 Å². The number of amides is 1. The Labute approximate surface area is 135 Å². The Kier molecular flexibility index (Phi) is 5.16. The van der Waals surface area contributed by atoms with Crippen molar-refractivity contribution in [2.24, 2.45) is 0 Å². The summed E-state index contributed by atoms with van der Waals surface area (Å²) in [7, 11) is 0. The highest BCUT2D eigenvalue weighted by Gasteiger charge is 2.18. The highest BCUT2D eigenvalue weighted by molar-refractivity contribution is 5.96. The number of carbonyl (C=O) groups excluding carboxylic acids is 1. The predicted octanol–water partition coefficient (Wildman–Crippen LogP) is 2.14. The number of carboxylic acid groups (broad SMARTS) is 1. The molecule has 2 rings (SSSR count). The molecule has 1 atom stereocenters. The summed E-state index contributed by atoms with van der Waals surface area (Å²) in [6.07, 6.45) is 0.340. The van der Waals surface area contributed by atoms with Crippen LogP contribution >= 0.6 is 0 Å². The molecule has 1 amide bonds. The van der Waals surface area contributed by atoms with Crippen molar-refractivity contribution in [3.8, 4) is 0 Å². The molecule has 0 saturated carbocycles. The summed E-state index contributed by atoms with van der Waals surface area (Å²) < 4.78 is 1.87. The van der Waals surface area contributed by atoms with Crippen molar-refractivity contribution in [3.63, 3.8) is 0 Å². The highest BCUT2D eigenvalue weighted by Crippen LogP contribution is 2.10. The fourth-order valence-corrected chi connectivity index (χ4v) is 2.40. The number of aliphatic carboxylic acids is 1. The molecular weight excluding hydrogens is 294 g/mol. The zero-order valence-electron chi connectivity index (χ0n) is 13.5. The SMILES string of the molecule is CCC(NC(=O)c1cccc(Cn2nc(C)cc2C)c1)C(=O)O. The standard InChI is InChI=1S/C17H21N3O3/c1-4-15(17(22)23)18-16(21)14-7-5-6-13(9-14)10-20-12(3)8-11(2)19-20/h5-9,15H,4,10H2,1-3H3,(H,18,21)(H,22,23). The van der Waals surface area contributed by atoms with Gasteiger partial charge in [0.2, 0.25) is 0 Å². The number of rotatable bonds is 6. The molecule has 6 heteroatoms. The molecule has 0 aliphatic carbocycles. The van der Waals surface area contributed by atoms with Gasteiger partial charge in [-0.05, 0) is 44.0 Å². The smallest absolute Gasteiger partial charge is 0.326 e. The summed E-state index contributed by atoms with van der Waals surface area (Å²) in [5, 5.41) is 16.0. The van der Waals surface area contributed by atoms with Gasteiger partial charge in [0.05, 0.1) is 12.2 Å². The first-order chi connectivity index (χ1) is 10.9. The Bertz CT molecular complexity index is 722. The van der Waals surface area contributed by atoms with E-state index >= 15 is 0 Å². The fourth-order valence-electron chi connectivity index (χ4n) is 2.40. The van der Waals surface area contributed by atoms with Crippen LogP contribution in [0.1, 0.15) is 40.7 Å². The summed E-state index contributed by atoms with van der Waals surface area (Å²) in [6, 6.07) is 8.27. The molecule has 2 N–H and O–H groups in total. The minimum absolute atomic E-state index is 0.340. The molecule has 1 unspecified atom stereocenters. The Morgan fingerprint density at radius 1 is 1.30 bits per heavy atom. The van der Waals surface area contributed by atoms with E-state index in [0.717, 1.165) is 17.0 Å². The lowest BCUT2D eigenvalue weighted by Gasteiger charge is -2.13. The second kappa shape index (κ2) is 7.09. The highest BCUT2D eigenvalue weighted by atomic mass is 16.4. The van der Waals surface area contributed by atoms with Crippen LogP contribution in [0.25, 0.3) is 0 Å². The molecule has 0 radical (unpaired) electrons. The summed E-state index contributed by atoms with van der Waals surface area (Å²) in [6.45, 7) is 6.20. The van der Waals surface area contributed by atoms with Crippen molar-refractivity contribution >= 4 is 11.9 Å². The molecular formula is C17H21N3O3. The van der Waals surface area contributed by atoms with Gasteiger partial charge in [-0.2, -0.15) is 5.10 Å². The lowest BCUT2D eigenvalue weighted by molar-refractivity contribution is -0.139. The maximum absolute atomic E-state index is 12.2. The van der Waals surface area contributed by atoms with Gasteiger partial charge in [-0.15, -0.1) is 0 Å². The summed E-state index contributed by atoms with van der Waals surface area (Å²) in [5.41, 5.74) is 3.38. The number of aromatic nitrogens is 2. The van der Waals surface area contributed by atoms with Crippen molar-refractivity contribution in [2.45, 2.75) is 39.8 Å². The predicted molar refractivity (Wildman–Crippen MR) is 86.4 cm³/mol. The van der Waals surface area contributed by atoms with Crippen LogP contribution in [0, 0.1) is 13.8 Å². The van der Waals surface area contributed by atoms with Crippen molar-refractivity contribution in [2.75, 3.05) is 0 Å². The van der Waals surface area contributed by atoms with Gasteiger partial charge < -0.3 is 10.4 Å². The first-order valence-corrected chi connectivity index (χ1v) is 7.54. The first-order valence-electron chi connectivity index (χ1n) is 7.54. The molecule has 0 aliphatic rings. The quantitative estimate of drug-likeness (QED) is 0.855. The summed E-state index contributed by atoms with van der Waals surface area (Å²) in [5.74, 6) is -1.41. The van der Waals surface area contributed by atoms with E-state index in [1.54, 1.807) is 25.1 Å². The molecule has 1 aromatic heterocycles. The van der Waals surface area contributed by atoms with E-state index in [1.807, 2.05) is 30.7 Å². The maximum atomic E-state index is 12.2. The average molecular weight is 315 g/mol. The van der Waals surface area contributed by atoms with Gasteiger partial charge in [-0.3, -0.25) is 9.48 Å². The number of aryl methyl sites for hydroxylation is 2. The van der Waals surface area contributed by atoms with E-state index in [9.17, 15) is 9.59 Å². The summed E-state index contributed by atoms with van der Waals surface area (Å²) >= 11 is 0. The lowest BCUT2D eigenvalue weighted by atomic mass is 10.1. The molecule has 0 bridgehead atoms. The fraction of sp³-hybridized carbons (Fsp3) is 0.353. The molecule has 0 fully saturated rings. The Balaban J connectivity index is 2.14. The van der Waals surface area contributed by atoms with Crippen molar-refractivity contribution in [1.82, 2.24) is 15.1 Å². The Morgan fingerprint density at radius 2 is 2.04 bits per heavy atom. The molecule has 2 aromatic rings. The largest absolute Gasteiger partial charge is 0.480 e. The molecule has 0 spiro atoms. The summed E-state index contributed by atoms with van der Waals surface area (Å²) in [4.78, 5) is 23.2. The maximum Gasteiger partial charge on any atom is 0.326 e. The molecule has 1 aromatic carbocycles. The zero-order valence-corrected chi connectivity index (χ0v) is 13.5. The van der Waals surface area contributed by atoms with Crippen molar-refractivity contribution < 1.29 is 14.7 Å². The van der Waals surface area contributed by atoms with Gasteiger partial charge in [-0.25, -0.2) is 4.79 Å². The van der Waals surface area contributed by atoms with Gasteiger partial charge in [0.15, 0.2) is 0 Å². The van der Waals surface area contributed by atoms with Gasteiger partial charge in [0, 0.05) is 11.3 Å². The molecule has 6 nitrogen and oxygen atoms in total. The van der Waals surface area contributed by atoms with Crippen LogP contribution in [-0.2, 0) is 11.3 Å². The molecule has 0 saturated heterocycles. The third-order valence-electron chi connectivity index (χ3n) is 3.64. The minimum atomic E-state index is -1.03. The van der Waals surface area contributed by atoms with E-state index in [2.05, 4.69) is 10.4 Å². The van der Waals surface area contributed by atoms with Crippen molar-refractivity contribution in [3.05, 3.63) is 52.8 Å². The second-order valence-corrected chi connectivity index (χ2v) is 5.56. The van der Waals surface area contributed by atoms with Gasteiger partial charge in [0.1, 0.15) is 6.04 Å². The van der Waals surface area contributed by atoms with Gasteiger partial charge in [0.25, 0.3) is 5.91 Å². The Morgan fingerprint density at radius 3 is 2.61 bits per heavy atom. The van der Waals surface area contributed by atoms with E-state index in [1.165, 1.54) is 0 Å². The van der Waals surface area contributed by atoms with Crippen LogP contribution in [-0.4, -0.2) is 32.8 Å². The number of carboxylic acids is 1. The van der Waals surface area contributed by atoms with Crippen LogP contribution in [0.4, 0.5) is 0 Å². The normalized spacial score (nSPS) is 12.0. The third-order valence-corrected chi connectivity index (χ3v) is 3.64. The van der Waals surface area contributed by atoms with E-state index < -0.39 is 12.0 Å². The average Bonchev–Trinajstić information content (AvgIpc) is 2.82. The third kappa shape index (κ3) is 4.18. The lowest BCUT2D eigenvalue weighted by Crippen LogP contribution is -2.40. The van der Waals surface area contributed by atoms with Crippen molar-refractivity contribution in [1.29, 1.82) is 0 Å². The number of carbonyl (C=O) groups is 2. The number of hydrogen-bond donors (Lipinski definition) is 2. The van der Waals surface area contributed by atoms with Gasteiger partial charge >= 0.3 is 5.97 Å². The Hall–Kier alpha value is -2.63. The van der Waals surface area contributed by atoms with Crippen LogP contribution in [0.2, 0.25) is 0 Å². The number of nitrogens with zero attached hydrogens (tertiary/aromatic N) is 2. The minimum Gasteiger partial charge on any atom is -0.480 e. The molecule has 0 aliphatic heterocycles.